The van der Waals surface area contributed by atoms with Gasteiger partial charge in [-0.3, -0.25) is 0 Å². The van der Waals surface area contributed by atoms with Gasteiger partial charge in [0.25, 0.3) is 0 Å². The minimum absolute atomic E-state index is 0. The maximum absolute atomic E-state index is 5.85. The molecular formula is C13H26BrNO3SSi. The van der Waals surface area contributed by atoms with Crippen LogP contribution in [0.3, 0.4) is 0 Å². The minimum Gasteiger partial charge on any atom is -1.00 e. The number of hydrogen-bond acceptors (Lipinski definition) is 4. The van der Waals surface area contributed by atoms with Crippen molar-refractivity contribution in [1.82, 2.24) is 0 Å². The van der Waals surface area contributed by atoms with Crippen molar-refractivity contribution < 1.29 is 34.8 Å². The van der Waals surface area contributed by atoms with Gasteiger partial charge in [-0.15, -0.1) is 0 Å². The molecule has 1 heterocycles. The summed E-state index contributed by atoms with van der Waals surface area (Å²) in [5.41, 5.74) is 3.46. The number of rotatable bonds is 10. The van der Waals surface area contributed by atoms with E-state index in [1.807, 2.05) is 20.8 Å². The molecule has 0 amide bonds. The van der Waals surface area contributed by atoms with Gasteiger partial charge in [-0.2, -0.15) is 4.57 Å². The van der Waals surface area contributed by atoms with Crippen LogP contribution in [0.4, 0.5) is 0 Å². The molecule has 0 atom stereocenters. The number of thiazole rings is 1. The zero-order valence-corrected chi connectivity index (χ0v) is 16.3. The Bertz CT molecular complexity index is 348. The second-order valence-electron chi connectivity index (χ2n) is 4.28. The van der Waals surface area contributed by atoms with Crippen molar-refractivity contribution in [2.45, 2.75) is 46.7 Å². The highest BCUT2D eigenvalue weighted by molar-refractivity contribution is 7.07. The van der Waals surface area contributed by atoms with Gasteiger partial charge in [-0.1, -0.05) is 11.3 Å². The molecule has 7 heteroatoms. The predicted octanol–water partition coefficient (Wildman–Crippen LogP) is -0.213. The summed E-state index contributed by atoms with van der Waals surface area (Å²) in [5.74, 6) is 0. The van der Waals surface area contributed by atoms with Crippen LogP contribution in [0.5, 0.6) is 0 Å². The summed E-state index contributed by atoms with van der Waals surface area (Å²) in [7, 11) is -2.46. The van der Waals surface area contributed by atoms with Crippen molar-refractivity contribution >= 4 is 20.1 Å². The van der Waals surface area contributed by atoms with Gasteiger partial charge in [0.2, 0.25) is 5.51 Å². The Hall–Kier alpha value is 0.207. The number of aryl methyl sites for hydroxylation is 2. The molecule has 0 aliphatic carbocycles. The molecule has 118 valence electrons. The second-order valence-corrected chi connectivity index (χ2v) is 7.73. The molecule has 1 aromatic rings. The minimum atomic E-state index is -2.46. The Morgan fingerprint density at radius 1 is 1.10 bits per heavy atom. The summed E-state index contributed by atoms with van der Waals surface area (Å²) in [4.78, 5) is 0. The van der Waals surface area contributed by atoms with Crippen LogP contribution in [0, 0.1) is 6.92 Å². The van der Waals surface area contributed by atoms with Crippen LogP contribution in [0.1, 0.15) is 32.9 Å². The second kappa shape index (κ2) is 10.9. The molecule has 0 aliphatic heterocycles. The first-order valence-corrected chi connectivity index (χ1v) is 9.89. The van der Waals surface area contributed by atoms with Gasteiger partial charge in [0.15, 0.2) is 5.69 Å². The van der Waals surface area contributed by atoms with E-state index in [1.165, 1.54) is 5.69 Å². The lowest BCUT2D eigenvalue weighted by Crippen LogP contribution is -3.00. The van der Waals surface area contributed by atoms with E-state index in [0.717, 1.165) is 19.0 Å². The first kappa shape index (κ1) is 20.2. The van der Waals surface area contributed by atoms with Gasteiger partial charge in [-0.05, 0) is 20.8 Å². The van der Waals surface area contributed by atoms with Crippen LogP contribution in [0.25, 0.3) is 0 Å². The summed E-state index contributed by atoms with van der Waals surface area (Å²) >= 11 is 1.74. The van der Waals surface area contributed by atoms with Crippen LogP contribution < -0.4 is 21.5 Å². The molecule has 0 aromatic carbocycles. The molecule has 1 rings (SSSR count). The Labute approximate surface area is 138 Å². The van der Waals surface area contributed by atoms with Crippen LogP contribution in [0.2, 0.25) is 6.04 Å². The SMILES string of the molecule is CCO[Si](CCC[n+]1cscc1C)(OCC)OCC.[Br-]. The molecule has 0 spiro atoms. The fourth-order valence-corrected chi connectivity index (χ4v) is 5.45. The Balaban J connectivity index is 0.00000361. The topological polar surface area (TPSA) is 31.6 Å². The van der Waals surface area contributed by atoms with Crippen LogP contribution >= 0.6 is 11.3 Å². The van der Waals surface area contributed by atoms with Gasteiger partial charge in [-0.25, -0.2) is 0 Å². The third-order valence-electron chi connectivity index (χ3n) is 2.85. The van der Waals surface area contributed by atoms with Crippen molar-refractivity contribution in [3.63, 3.8) is 0 Å². The summed E-state index contributed by atoms with van der Waals surface area (Å²) < 4.78 is 19.8. The number of nitrogens with zero attached hydrogens (tertiary/aromatic N) is 1. The van der Waals surface area contributed by atoms with Crippen LogP contribution in [-0.2, 0) is 19.8 Å². The standard InChI is InChI=1S/C13H26NO3SSi.BrH/c1-5-15-19(16-6-2,17-7-3)10-8-9-14-12-18-11-13(14)4;/h11-12H,5-10H2,1-4H3;1H/q+1;/p-1. The van der Waals surface area contributed by atoms with E-state index >= 15 is 0 Å². The number of aromatic nitrogens is 1. The summed E-state index contributed by atoms with van der Waals surface area (Å²) in [6, 6.07) is 0.880. The van der Waals surface area contributed by atoms with E-state index < -0.39 is 8.80 Å². The van der Waals surface area contributed by atoms with E-state index in [2.05, 4.69) is 22.4 Å². The molecular weight excluding hydrogens is 358 g/mol. The van der Waals surface area contributed by atoms with Crippen molar-refractivity contribution in [3.05, 3.63) is 16.6 Å². The first-order valence-electron chi connectivity index (χ1n) is 7.01. The van der Waals surface area contributed by atoms with Gasteiger partial charge in [0, 0.05) is 39.2 Å². The van der Waals surface area contributed by atoms with E-state index in [4.69, 9.17) is 13.3 Å². The molecule has 1 aromatic heterocycles. The summed E-state index contributed by atoms with van der Waals surface area (Å²) in [5, 5.41) is 2.16. The fourth-order valence-electron chi connectivity index (χ4n) is 2.05. The van der Waals surface area contributed by atoms with Crippen LogP contribution in [-0.4, -0.2) is 28.6 Å². The molecule has 0 N–H and O–H groups in total. The summed E-state index contributed by atoms with van der Waals surface area (Å²) in [6.45, 7) is 11.1. The first-order chi connectivity index (χ1) is 9.17. The van der Waals surface area contributed by atoms with E-state index in [0.29, 0.717) is 19.8 Å². The molecule has 0 radical (unpaired) electrons. The van der Waals surface area contributed by atoms with Gasteiger partial charge < -0.3 is 30.3 Å². The quantitative estimate of drug-likeness (QED) is 0.413. The zero-order chi connectivity index (χ0) is 14.1. The van der Waals surface area contributed by atoms with Gasteiger partial charge >= 0.3 is 8.80 Å². The maximum atomic E-state index is 5.85. The largest absolute Gasteiger partial charge is 1.00 e. The Morgan fingerprint density at radius 3 is 2.05 bits per heavy atom. The van der Waals surface area contributed by atoms with E-state index in [9.17, 15) is 0 Å². The highest BCUT2D eigenvalue weighted by Crippen LogP contribution is 2.18. The monoisotopic (exact) mass is 383 g/mol. The average molecular weight is 384 g/mol. The highest BCUT2D eigenvalue weighted by Gasteiger charge is 2.40. The Kier molecular flexibility index (Phi) is 11.0. The van der Waals surface area contributed by atoms with Crippen molar-refractivity contribution in [2.24, 2.45) is 0 Å². The molecule has 0 aliphatic rings. The van der Waals surface area contributed by atoms with Gasteiger partial charge in [0.05, 0.1) is 5.38 Å². The summed E-state index contributed by atoms with van der Waals surface area (Å²) in [6.07, 6.45) is 1.02. The average Bonchev–Trinajstić information content (AvgIpc) is 2.76. The normalized spacial score (nSPS) is 11.4. The lowest BCUT2D eigenvalue weighted by molar-refractivity contribution is -0.698. The highest BCUT2D eigenvalue weighted by atomic mass is 79.9. The lowest BCUT2D eigenvalue weighted by Gasteiger charge is -2.28. The molecule has 0 saturated heterocycles. The fraction of sp³-hybridized carbons (Fsp3) is 0.769. The number of hydrogen-bond donors (Lipinski definition) is 0. The van der Waals surface area contributed by atoms with E-state index in [1.54, 1.807) is 11.3 Å². The molecule has 0 saturated carbocycles. The predicted molar refractivity (Wildman–Crippen MR) is 79.3 cm³/mol. The molecule has 0 fully saturated rings. The van der Waals surface area contributed by atoms with Crippen molar-refractivity contribution in [1.29, 1.82) is 0 Å². The number of halogens is 1. The maximum Gasteiger partial charge on any atom is 0.501 e. The third kappa shape index (κ3) is 6.32. The van der Waals surface area contributed by atoms with E-state index in [-0.39, 0.29) is 17.0 Å². The van der Waals surface area contributed by atoms with Crippen molar-refractivity contribution in [3.8, 4) is 0 Å². The smallest absolute Gasteiger partial charge is 0.501 e. The zero-order valence-electron chi connectivity index (χ0n) is 12.9. The molecule has 4 nitrogen and oxygen atoms in total. The Morgan fingerprint density at radius 2 is 1.65 bits per heavy atom. The lowest BCUT2D eigenvalue weighted by atomic mass is 10.4. The van der Waals surface area contributed by atoms with Crippen molar-refractivity contribution in [2.75, 3.05) is 19.8 Å². The molecule has 0 bridgehead atoms. The third-order valence-corrected chi connectivity index (χ3v) is 6.86. The van der Waals surface area contributed by atoms with Gasteiger partial charge in [0.1, 0.15) is 6.54 Å². The molecule has 20 heavy (non-hydrogen) atoms. The van der Waals surface area contributed by atoms with Crippen LogP contribution in [0.15, 0.2) is 10.9 Å². The molecule has 0 unspecified atom stereocenters.